The Bertz CT molecular complexity index is 1210. The number of rotatable bonds is 9. The average Bonchev–Trinajstić information content (AvgIpc) is 3.08. The van der Waals surface area contributed by atoms with Crippen LogP contribution in [0, 0.1) is 13.8 Å². The molecule has 0 aliphatic heterocycles. The molecule has 3 rings (SSSR count). The van der Waals surface area contributed by atoms with Gasteiger partial charge in [0, 0.05) is 37.4 Å². The first-order chi connectivity index (χ1) is 15.7. The zero-order valence-electron chi connectivity index (χ0n) is 19.7. The van der Waals surface area contributed by atoms with Crippen molar-refractivity contribution in [2.24, 2.45) is 0 Å². The van der Waals surface area contributed by atoms with Crippen LogP contribution in [0.2, 0.25) is 0 Å². The molecule has 0 saturated heterocycles. The number of aromatic amines is 1. The summed E-state index contributed by atoms with van der Waals surface area (Å²) in [6, 6.07) is 7.12. The molecule has 8 nitrogen and oxygen atoms in total. The van der Waals surface area contributed by atoms with Crippen LogP contribution in [-0.2, 0) is 16.0 Å². The summed E-state index contributed by atoms with van der Waals surface area (Å²) in [4.78, 5) is 47.6. The number of carbonyl (C=O) groups is 2. The Kier molecular flexibility index (Phi) is 7.86. The third-order valence-electron chi connectivity index (χ3n) is 5.56. The highest BCUT2D eigenvalue weighted by Crippen LogP contribution is 2.28. The lowest BCUT2D eigenvalue weighted by Gasteiger charge is -2.21. The summed E-state index contributed by atoms with van der Waals surface area (Å²) in [5.41, 5.74) is 1.60. The van der Waals surface area contributed by atoms with Gasteiger partial charge >= 0.3 is 0 Å². The second-order valence-corrected chi connectivity index (χ2v) is 9.32. The van der Waals surface area contributed by atoms with Crippen LogP contribution in [0.4, 0.5) is 0 Å². The molecule has 0 aliphatic rings. The Hall–Kier alpha value is -3.20. The topological polar surface area (TPSA) is 104 Å². The molecule has 33 heavy (non-hydrogen) atoms. The largest absolute Gasteiger partial charge is 0.483 e. The molecule has 0 radical (unpaired) electrons. The fourth-order valence-electron chi connectivity index (χ4n) is 3.48. The molecule has 2 aromatic heterocycles. The molecule has 0 fully saturated rings. The summed E-state index contributed by atoms with van der Waals surface area (Å²) in [5, 5.41) is 3.66. The first-order valence-electron chi connectivity index (χ1n) is 10.9. The normalized spacial score (nSPS) is 11.9. The molecule has 0 aliphatic carbocycles. The van der Waals surface area contributed by atoms with Gasteiger partial charge in [0.1, 0.15) is 16.4 Å². The van der Waals surface area contributed by atoms with E-state index in [0.717, 1.165) is 16.0 Å². The minimum Gasteiger partial charge on any atom is -0.483 e. The Morgan fingerprint density at radius 1 is 1.24 bits per heavy atom. The Balaban J connectivity index is 1.67. The summed E-state index contributed by atoms with van der Waals surface area (Å²) in [6.45, 7) is 5.79. The Labute approximate surface area is 197 Å². The van der Waals surface area contributed by atoms with E-state index in [0.29, 0.717) is 34.6 Å². The molecule has 1 unspecified atom stereocenters. The highest BCUT2D eigenvalue weighted by atomic mass is 32.1. The third kappa shape index (κ3) is 5.78. The summed E-state index contributed by atoms with van der Waals surface area (Å²) in [5.74, 6) is 0.779. The lowest BCUT2D eigenvalue weighted by molar-refractivity contribution is -0.130. The van der Waals surface area contributed by atoms with Gasteiger partial charge in [-0.2, -0.15) is 0 Å². The van der Waals surface area contributed by atoms with Gasteiger partial charge in [0.2, 0.25) is 5.91 Å². The maximum absolute atomic E-state index is 12.7. The molecule has 9 heteroatoms. The number of ether oxygens (including phenoxy) is 1. The van der Waals surface area contributed by atoms with Crippen LogP contribution >= 0.6 is 11.3 Å². The number of hydrogen-bond acceptors (Lipinski definition) is 6. The molecule has 0 saturated carbocycles. The quantitative estimate of drug-likeness (QED) is 0.499. The van der Waals surface area contributed by atoms with Crippen LogP contribution in [-0.4, -0.2) is 47.4 Å². The molecular formula is C24H30N4O4S. The van der Waals surface area contributed by atoms with Gasteiger partial charge in [-0.05, 0) is 31.9 Å². The molecule has 1 aromatic carbocycles. The van der Waals surface area contributed by atoms with Gasteiger partial charge in [-0.3, -0.25) is 14.4 Å². The molecule has 2 N–H and O–H groups in total. The van der Waals surface area contributed by atoms with E-state index in [2.05, 4.69) is 15.3 Å². The number of likely N-dealkylation sites (N-methyl/N-ethyl adjacent to an activating group) is 1. The van der Waals surface area contributed by atoms with E-state index in [1.807, 2.05) is 39.0 Å². The molecule has 0 spiro atoms. The van der Waals surface area contributed by atoms with Crippen LogP contribution in [0.3, 0.4) is 0 Å². The van der Waals surface area contributed by atoms with E-state index in [1.54, 1.807) is 20.2 Å². The number of aromatic nitrogens is 2. The molecule has 2 amide bonds. The van der Waals surface area contributed by atoms with Gasteiger partial charge in [-0.1, -0.05) is 25.1 Å². The zero-order chi connectivity index (χ0) is 24.1. The number of para-hydroxylation sites is 1. The molecule has 3 aromatic rings. The second kappa shape index (κ2) is 10.6. The number of H-pyrrole nitrogens is 1. The highest BCUT2D eigenvalue weighted by Gasteiger charge is 2.18. The van der Waals surface area contributed by atoms with Gasteiger partial charge in [-0.25, -0.2) is 4.98 Å². The number of hydrogen-bond donors (Lipinski definition) is 2. The molecule has 2 heterocycles. The standard InChI is InChI=1S/C24H30N4O4S/c1-6-17(16-9-7-8-10-18(16)32-13-21(30)28(4)5)25-20(29)12-11-19-26-23(31)22-14(2)15(3)33-24(22)27-19/h7-10,17H,6,11-13H2,1-5H3,(H,25,29)(H,26,27,31). The van der Waals surface area contributed by atoms with Crippen molar-refractivity contribution in [2.75, 3.05) is 20.7 Å². The number of fused-ring (bicyclic) bond motifs is 1. The fraction of sp³-hybridized carbons (Fsp3) is 0.417. The summed E-state index contributed by atoms with van der Waals surface area (Å²) < 4.78 is 5.73. The van der Waals surface area contributed by atoms with Gasteiger partial charge < -0.3 is 19.9 Å². The van der Waals surface area contributed by atoms with Crippen LogP contribution in [0.25, 0.3) is 10.2 Å². The fourth-order valence-corrected chi connectivity index (χ4v) is 4.53. The minimum absolute atomic E-state index is 0.0719. The van der Waals surface area contributed by atoms with E-state index < -0.39 is 0 Å². The van der Waals surface area contributed by atoms with Crippen molar-refractivity contribution in [1.82, 2.24) is 20.2 Å². The Morgan fingerprint density at radius 2 is 1.97 bits per heavy atom. The zero-order valence-corrected chi connectivity index (χ0v) is 20.5. The van der Waals surface area contributed by atoms with E-state index in [-0.39, 0.29) is 36.4 Å². The summed E-state index contributed by atoms with van der Waals surface area (Å²) in [7, 11) is 3.35. The number of benzene rings is 1. The van der Waals surface area contributed by atoms with Gasteiger partial charge in [0.25, 0.3) is 11.5 Å². The summed E-state index contributed by atoms with van der Waals surface area (Å²) in [6.07, 6.45) is 1.18. The average molecular weight is 471 g/mol. The van der Waals surface area contributed by atoms with Gasteiger partial charge in [0.15, 0.2) is 6.61 Å². The predicted octanol–water partition coefficient (Wildman–Crippen LogP) is 3.27. The van der Waals surface area contributed by atoms with Crippen molar-refractivity contribution in [3.8, 4) is 5.75 Å². The van der Waals surface area contributed by atoms with Crippen molar-refractivity contribution in [2.45, 2.75) is 46.1 Å². The third-order valence-corrected chi connectivity index (χ3v) is 6.67. The van der Waals surface area contributed by atoms with Crippen molar-refractivity contribution in [3.05, 3.63) is 56.4 Å². The first-order valence-corrected chi connectivity index (χ1v) is 11.7. The lowest BCUT2D eigenvalue weighted by atomic mass is 10.0. The number of aryl methyl sites for hydroxylation is 3. The molecule has 0 bridgehead atoms. The SMILES string of the molecule is CCC(NC(=O)CCc1nc2sc(C)c(C)c2c(=O)[nH]1)c1ccccc1OCC(=O)N(C)C. The van der Waals surface area contributed by atoms with Crippen LogP contribution in [0.1, 0.15) is 47.6 Å². The van der Waals surface area contributed by atoms with Crippen LogP contribution in [0.5, 0.6) is 5.75 Å². The van der Waals surface area contributed by atoms with Crippen molar-refractivity contribution < 1.29 is 14.3 Å². The van der Waals surface area contributed by atoms with Crippen molar-refractivity contribution >= 4 is 33.4 Å². The highest BCUT2D eigenvalue weighted by molar-refractivity contribution is 7.18. The Morgan fingerprint density at radius 3 is 2.67 bits per heavy atom. The number of thiophene rings is 1. The van der Waals surface area contributed by atoms with E-state index in [1.165, 1.54) is 16.2 Å². The van der Waals surface area contributed by atoms with E-state index in [9.17, 15) is 14.4 Å². The second-order valence-electron chi connectivity index (χ2n) is 8.12. The maximum Gasteiger partial charge on any atom is 0.259 e. The van der Waals surface area contributed by atoms with E-state index >= 15 is 0 Å². The smallest absolute Gasteiger partial charge is 0.259 e. The minimum atomic E-state index is -0.264. The molecule has 1 atom stereocenters. The maximum atomic E-state index is 12.7. The molecule has 176 valence electrons. The number of nitrogens with one attached hydrogen (secondary N) is 2. The predicted molar refractivity (Wildman–Crippen MR) is 130 cm³/mol. The van der Waals surface area contributed by atoms with Crippen molar-refractivity contribution in [3.63, 3.8) is 0 Å². The van der Waals surface area contributed by atoms with Gasteiger partial charge in [0.05, 0.1) is 11.4 Å². The summed E-state index contributed by atoms with van der Waals surface area (Å²) >= 11 is 1.49. The first kappa shape index (κ1) is 24.4. The number of carbonyl (C=O) groups excluding carboxylic acids is 2. The van der Waals surface area contributed by atoms with Crippen LogP contribution in [0.15, 0.2) is 29.1 Å². The number of nitrogens with zero attached hydrogens (tertiary/aromatic N) is 2. The molecular weight excluding hydrogens is 440 g/mol. The number of amides is 2. The monoisotopic (exact) mass is 470 g/mol. The van der Waals surface area contributed by atoms with Gasteiger partial charge in [-0.15, -0.1) is 11.3 Å². The van der Waals surface area contributed by atoms with Crippen molar-refractivity contribution in [1.29, 1.82) is 0 Å². The van der Waals surface area contributed by atoms with E-state index in [4.69, 9.17) is 4.74 Å². The lowest BCUT2D eigenvalue weighted by Crippen LogP contribution is -2.30. The van der Waals surface area contributed by atoms with Crippen LogP contribution < -0.4 is 15.6 Å².